The van der Waals surface area contributed by atoms with E-state index < -0.39 is 40.3 Å². The lowest BCUT2D eigenvalue weighted by Crippen LogP contribution is -2.41. The predicted molar refractivity (Wildman–Crippen MR) is 79.9 cm³/mol. The first-order valence-electron chi connectivity index (χ1n) is 6.56. The van der Waals surface area contributed by atoms with Gasteiger partial charge in [0, 0.05) is 6.04 Å². The fraction of sp³-hybridized carbons (Fsp3) is 0.429. The Balaban J connectivity index is 3.16. The first-order chi connectivity index (χ1) is 10.2. The van der Waals surface area contributed by atoms with Crippen LogP contribution >= 0.6 is 0 Å². The third-order valence-electron chi connectivity index (χ3n) is 2.98. The highest BCUT2D eigenvalue weighted by Gasteiger charge is 2.28. The van der Waals surface area contributed by atoms with E-state index in [9.17, 15) is 18.0 Å². The Labute approximate surface area is 129 Å². The van der Waals surface area contributed by atoms with Crippen LogP contribution in [0.25, 0.3) is 0 Å². The number of benzene rings is 1. The Morgan fingerprint density at radius 3 is 2.36 bits per heavy atom. The first kappa shape index (κ1) is 18.1. The zero-order valence-corrected chi connectivity index (χ0v) is 13.5. The molecule has 0 saturated carbocycles. The van der Waals surface area contributed by atoms with Crippen LogP contribution in [0.4, 0.5) is 0 Å². The Bertz CT molecular complexity index is 653. The molecule has 1 aromatic carbocycles. The molecule has 22 heavy (non-hydrogen) atoms. The number of carbonyl (C=O) groups is 2. The monoisotopic (exact) mass is 329 g/mol. The summed E-state index contributed by atoms with van der Waals surface area (Å²) >= 11 is 0. The van der Waals surface area contributed by atoms with Crippen molar-refractivity contribution in [3.05, 3.63) is 35.4 Å². The molecule has 0 spiro atoms. The van der Waals surface area contributed by atoms with Gasteiger partial charge in [-0.05, 0) is 25.5 Å². The van der Waals surface area contributed by atoms with Gasteiger partial charge in [0.1, 0.15) is 6.54 Å². The highest BCUT2D eigenvalue weighted by Crippen LogP contribution is 2.18. The maximum atomic E-state index is 12.5. The summed E-state index contributed by atoms with van der Waals surface area (Å²) < 4.78 is 30.4. The highest BCUT2D eigenvalue weighted by molar-refractivity contribution is 7.88. The van der Waals surface area contributed by atoms with E-state index in [1.165, 1.54) is 19.2 Å². The van der Waals surface area contributed by atoms with Gasteiger partial charge in [0.2, 0.25) is 10.0 Å². The molecular formula is C14H19NO6S. The molecule has 0 atom stereocenters. The average molecular weight is 329 g/mol. The van der Waals surface area contributed by atoms with Gasteiger partial charge in [-0.2, -0.15) is 4.31 Å². The van der Waals surface area contributed by atoms with Crippen molar-refractivity contribution in [1.82, 2.24) is 4.31 Å². The number of nitrogens with zero attached hydrogens (tertiary/aromatic N) is 1. The van der Waals surface area contributed by atoms with Crippen LogP contribution in [-0.4, -0.2) is 49.5 Å². The molecule has 0 aliphatic carbocycles. The Hall–Kier alpha value is -1.93. The second kappa shape index (κ2) is 7.37. The van der Waals surface area contributed by atoms with Gasteiger partial charge in [-0.1, -0.05) is 18.2 Å². The molecule has 0 heterocycles. The van der Waals surface area contributed by atoms with Crippen molar-refractivity contribution in [1.29, 1.82) is 0 Å². The minimum absolute atomic E-state index is 0.146. The molecule has 0 amide bonds. The molecular weight excluding hydrogens is 310 g/mol. The quantitative estimate of drug-likeness (QED) is 0.752. The Morgan fingerprint density at radius 1 is 1.27 bits per heavy atom. The van der Waals surface area contributed by atoms with Crippen LogP contribution in [0, 0.1) is 0 Å². The lowest BCUT2D eigenvalue weighted by atomic mass is 10.1. The summed E-state index contributed by atoms with van der Waals surface area (Å²) in [5.74, 6) is -2.34. The summed E-state index contributed by atoms with van der Waals surface area (Å²) in [6, 6.07) is 5.66. The number of hydrogen-bond acceptors (Lipinski definition) is 5. The average Bonchev–Trinajstić information content (AvgIpc) is 2.43. The lowest BCUT2D eigenvalue weighted by Gasteiger charge is -2.24. The van der Waals surface area contributed by atoms with Gasteiger partial charge in [0.15, 0.2) is 0 Å². The summed E-state index contributed by atoms with van der Waals surface area (Å²) in [7, 11) is -2.68. The standard InChI is InChI=1S/C14H19NO6S/c1-10(2)15(8-13(16)17)22(19,20)9-11-6-4-5-7-12(11)14(18)21-3/h4-7,10H,8-9H2,1-3H3,(H,16,17). The highest BCUT2D eigenvalue weighted by atomic mass is 32.2. The van der Waals surface area contributed by atoms with Crippen LogP contribution in [0.2, 0.25) is 0 Å². The molecule has 0 aliphatic heterocycles. The zero-order chi connectivity index (χ0) is 16.9. The normalized spacial score (nSPS) is 11.7. The van der Waals surface area contributed by atoms with E-state index in [-0.39, 0.29) is 11.1 Å². The molecule has 0 fully saturated rings. The van der Waals surface area contributed by atoms with Gasteiger partial charge in [-0.15, -0.1) is 0 Å². The summed E-state index contributed by atoms with van der Waals surface area (Å²) in [6.07, 6.45) is 0. The fourth-order valence-electron chi connectivity index (χ4n) is 1.97. The van der Waals surface area contributed by atoms with E-state index in [0.29, 0.717) is 0 Å². The second-order valence-electron chi connectivity index (χ2n) is 4.94. The number of methoxy groups -OCH3 is 1. The van der Waals surface area contributed by atoms with Crippen LogP contribution in [0.5, 0.6) is 0 Å². The molecule has 0 radical (unpaired) electrons. The minimum Gasteiger partial charge on any atom is -0.480 e. The van der Waals surface area contributed by atoms with Crippen LogP contribution in [0.3, 0.4) is 0 Å². The summed E-state index contributed by atoms with van der Waals surface area (Å²) in [6.45, 7) is 2.56. The number of esters is 1. The van der Waals surface area contributed by atoms with Gasteiger partial charge >= 0.3 is 11.9 Å². The zero-order valence-electron chi connectivity index (χ0n) is 12.6. The minimum atomic E-state index is -3.89. The van der Waals surface area contributed by atoms with Crippen LogP contribution in [0.1, 0.15) is 29.8 Å². The van der Waals surface area contributed by atoms with Gasteiger partial charge < -0.3 is 9.84 Å². The van der Waals surface area contributed by atoms with E-state index in [0.717, 1.165) is 4.31 Å². The van der Waals surface area contributed by atoms with E-state index in [2.05, 4.69) is 4.74 Å². The molecule has 8 heteroatoms. The first-order valence-corrected chi connectivity index (χ1v) is 8.17. The molecule has 122 valence electrons. The van der Waals surface area contributed by atoms with Gasteiger partial charge in [-0.3, -0.25) is 4.79 Å². The van der Waals surface area contributed by atoms with Crippen molar-refractivity contribution in [3.63, 3.8) is 0 Å². The van der Waals surface area contributed by atoms with Gasteiger partial charge in [0.25, 0.3) is 0 Å². The van der Waals surface area contributed by atoms with Gasteiger partial charge in [0.05, 0.1) is 18.4 Å². The molecule has 0 aliphatic rings. The molecule has 1 N–H and O–H groups in total. The van der Waals surface area contributed by atoms with Crippen LogP contribution < -0.4 is 0 Å². The summed E-state index contributed by atoms with van der Waals surface area (Å²) in [4.78, 5) is 22.5. The second-order valence-corrected chi connectivity index (χ2v) is 6.86. The largest absolute Gasteiger partial charge is 0.480 e. The number of hydrogen-bond donors (Lipinski definition) is 1. The fourth-order valence-corrected chi connectivity index (χ4v) is 3.73. The Morgan fingerprint density at radius 2 is 1.86 bits per heavy atom. The molecule has 1 rings (SSSR count). The van der Waals surface area contributed by atoms with E-state index >= 15 is 0 Å². The van der Waals surface area contributed by atoms with Gasteiger partial charge in [-0.25, -0.2) is 13.2 Å². The van der Waals surface area contributed by atoms with Crippen LogP contribution in [0.15, 0.2) is 24.3 Å². The molecule has 0 unspecified atom stereocenters. The maximum Gasteiger partial charge on any atom is 0.338 e. The smallest absolute Gasteiger partial charge is 0.338 e. The van der Waals surface area contributed by atoms with Crippen molar-refractivity contribution < 1.29 is 27.9 Å². The molecule has 0 aromatic heterocycles. The molecule has 0 bridgehead atoms. The molecule has 0 saturated heterocycles. The van der Waals surface area contributed by atoms with Crippen molar-refractivity contribution >= 4 is 22.0 Å². The van der Waals surface area contributed by atoms with Crippen molar-refractivity contribution in [2.45, 2.75) is 25.6 Å². The number of ether oxygens (including phenoxy) is 1. The van der Waals surface area contributed by atoms with Crippen LogP contribution in [-0.2, 0) is 25.3 Å². The maximum absolute atomic E-state index is 12.5. The predicted octanol–water partition coefficient (Wildman–Crippen LogP) is 1.10. The van der Waals surface area contributed by atoms with Crippen molar-refractivity contribution in [2.24, 2.45) is 0 Å². The number of rotatable bonds is 7. The summed E-state index contributed by atoms with van der Waals surface area (Å²) in [5.41, 5.74) is 0.415. The molecule has 7 nitrogen and oxygen atoms in total. The number of carboxylic acids is 1. The van der Waals surface area contributed by atoms with E-state index in [4.69, 9.17) is 5.11 Å². The summed E-state index contributed by atoms with van der Waals surface area (Å²) in [5, 5.41) is 8.86. The number of sulfonamides is 1. The number of carbonyl (C=O) groups excluding carboxylic acids is 1. The molecule has 1 aromatic rings. The third-order valence-corrected chi connectivity index (χ3v) is 4.93. The van der Waals surface area contributed by atoms with Crippen molar-refractivity contribution in [2.75, 3.05) is 13.7 Å². The lowest BCUT2D eigenvalue weighted by molar-refractivity contribution is -0.137. The van der Waals surface area contributed by atoms with Crippen molar-refractivity contribution in [3.8, 4) is 0 Å². The third kappa shape index (κ3) is 4.54. The van der Waals surface area contributed by atoms with E-state index in [1.54, 1.807) is 26.0 Å². The number of carboxylic acid groups (broad SMARTS) is 1. The topological polar surface area (TPSA) is 101 Å². The Kier molecular flexibility index (Phi) is 6.07. The number of aliphatic carboxylic acids is 1. The van der Waals surface area contributed by atoms with E-state index in [1.807, 2.05) is 0 Å². The SMILES string of the molecule is COC(=O)c1ccccc1CS(=O)(=O)N(CC(=O)O)C(C)C.